The van der Waals surface area contributed by atoms with Gasteiger partial charge in [0, 0.05) is 12.1 Å². The van der Waals surface area contributed by atoms with Crippen LogP contribution >= 0.6 is 0 Å². The third-order valence-electron chi connectivity index (χ3n) is 3.33. The normalized spacial score (nSPS) is 13.3. The van der Waals surface area contributed by atoms with E-state index < -0.39 is 0 Å². The van der Waals surface area contributed by atoms with Gasteiger partial charge in [0.2, 0.25) is 5.88 Å². The van der Waals surface area contributed by atoms with Crippen LogP contribution in [0.4, 0.5) is 0 Å². The monoisotopic (exact) mass is 255 g/mol. The maximum atomic E-state index is 5.93. The smallest absolute Gasteiger partial charge is 0.225 e. The highest BCUT2D eigenvalue weighted by Gasteiger charge is 2.18. The van der Waals surface area contributed by atoms with Crippen LogP contribution in [0.15, 0.2) is 30.6 Å². The quantitative estimate of drug-likeness (QED) is 0.911. The Kier molecular flexibility index (Phi) is 3.42. The van der Waals surface area contributed by atoms with Crippen molar-refractivity contribution in [2.24, 2.45) is 0 Å². The molecule has 0 aliphatic heterocycles. The summed E-state index contributed by atoms with van der Waals surface area (Å²) in [6.45, 7) is 0.832. The van der Waals surface area contributed by atoms with E-state index >= 15 is 0 Å². The molecular weight excluding hydrogens is 238 g/mol. The van der Waals surface area contributed by atoms with Gasteiger partial charge >= 0.3 is 0 Å². The van der Waals surface area contributed by atoms with Crippen LogP contribution in [0, 0.1) is 0 Å². The fourth-order valence-corrected chi connectivity index (χ4v) is 2.45. The molecule has 0 fully saturated rings. The summed E-state index contributed by atoms with van der Waals surface area (Å²) in [5, 5.41) is 3.14. The topological polar surface area (TPSA) is 47.0 Å². The molecule has 0 bridgehead atoms. The summed E-state index contributed by atoms with van der Waals surface area (Å²) in [5.74, 6) is 1.55. The molecule has 1 aliphatic carbocycles. The molecule has 1 aliphatic rings. The molecule has 3 rings (SSSR count). The number of benzene rings is 1. The van der Waals surface area contributed by atoms with E-state index in [-0.39, 0.29) is 0 Å². The molecule has 1 aromatic heterocycles. The minimum absolute atomic E-state index is 0.712. The second-order valence-electron chi connectivity index (χ2n) is 4.74. The summed E-state index contributed by atoms with van der Waals surface area (Å²) in [6, 6.07) is 8.08. The molecule has 98 valence electrons. The van der Waals surface area contributed by atoms with Crippen molar-refractivity contribution in [3.8, 4) is 11.6 Å². The van der Waals surface area contributed by atoms with E-state index in [1.54, 1.807) is 6.33 Å². The zero-order valence-electron chi connectivity index (χ0n) is 11.0. The van der Waals surface area contributed by atoms with Gasteiger partial charge in [0.15, 0.2) is 0 Å². The SMILES string of the molecule is CNCc1cccc(Oc2ncnc3c2CCC3)c1. The molecule has 0 radical (unpaired) electrons. The van der Waals surface area contributed by atoms with Gasteiger partial charge in [0.1, 0.15) is 12.1 Å². The van der Waals surface area contributed by atoms with E-state index in [1.807, 2.05) is 25.2 Å². The average Bonchev–Trinajstić information content (AvgIpc) is 2.89. The summed E-state index contributed by atoms with van der Waals surface area (Å²) in [7, 11) is 1.94. The number of hydrogen-bond acceptors (Lipinski definition) is 4. The van der Waals surface area contributed by atoms with Gasteiger partial charge in [-0.25, -0.2) is 9.97 Å². The van der Waals surface area contributed by atoms with Crippen LogP contribution in [0.25, 0.3) is 0 Å². The number of hydrogen-bond donors (Lipinski definition) is 1. The Balaban J connectivity index is 1.85. The summed E-state index contributed by atoms with van der Waals surface area (Å²) in [4.78, 5) is 8.58. The van der Waals surface area contributed by atoms with E-state index in [4.69, 9.17) is 4.74 Å². The van der Waals surface area contributed by atoms with Gasteiger partial charge in [0.25, 0.3) is 0 Å². The number of aromatic nitrogens is 2. The molecule has 0 unspecified atom stereocenters. The van der Waals surface area contributed by atoms with Gasteiger partial charge in [0.05, 0.1) is 5.69 Å². The van der Waals surface area contributed by atoms with Crippen molar-refractivity contribution in [3.05, 3.63) is 47.4 Å². The Hall–Kier alpha value is -1.94. The predicted molar refractivity (Wildman–Crippen MR) is 73.3 cm³/mol. The molecule has 0 atom stereocenters. The van der Waals surface area contributed by atoms with Crippen molar-refractivity contribution in [3.63, 3.8) is 0 Å². The number of nitrogens with one attached hydrogen (secondary N) is 1. The molecule has 4 heteroatoms. The maximum absolute atomic E-state index is 5.93. The Morgan fingerprint density at radius 1 is 1.26 bits per heavy atom. The van der Waals surface area contributed by atoms with Crippen molar-refractivity contribution in [2.75, 3.05) is 7.05 Å². The average molecular weight is 255 g/mol. The summed E-state index contributed by atoms with van der Waals surface area (Å²) < 4.78 is 5.93. The molecule has 2 aromatic rings. The Morgan fingerprint density at radius 2 is 2.21 bits per heavy atom. The first kappa shape index (κ1) is 12.1. The fourth-order valence-electron chi connectivity index (χ4n) is 2.45. The first-order chi connectivity index (χ1) is 9.36. The van der Waals surface area contributed by atoms with E-state index in [9.17, 15) is 0 Å². The first-order valence-corrected chi connectivity index (χ1v) is 6.61. The van der Waals surface area contributed by atoms with Crippen molar-refractivity contribution < 1.29 is 4.74 Å². The number of aryl methyl sites for hydroxylation is 1. The fraction of sp³-hybridized carbons (Fsp3) is 0.333. The minimum atomic E-state index is 0.712. The maximum Gasteiger partial charge on any atom is 0.225 e. The van der Waals surface area contributed by atoms with Crippen LogP contribution in [0.3, 0.4) is 0 Å². The Morgan fingerprint density at radius 3 is 3.11 bits per heavy atom. The van der Waals surface area contributed by atoms with Crippen LogP contribution in [0.2, 0.25) is 0 Å². The third-order valence-corrected chi connectivity index (χ3v) is 3.33. The molecule has 1 heterocycles. The van der Waals surface area contributed by atoms with Gasteiger partial charge in [-0.3, -0.25) is 0 Å². The van der Waals surface area contributed by atoms with Gasteiger partial charge in [-0.15, -0.1) is 0 Å². The predicted octanol–water partition coefficient (Wildman–Crippen LogP) is 2.48. The van der Waals surface area contributed by atoms with Crippen molar-refractivity contribution >= 4 is 0 Å². The Bertz CT molecular complexity index is 583. The van der Waals surface area contributed by atoms with Gasteiger partial charge in [-0.1, -0.05) is 12.1 Å². The minimum Gasteiger partial charge on any atom is -0.439 e. The van der Waals surface area contributed by atoms with Crippen LogP contribution in [-0.4, -0.2) is 17.0 Å². The summed E-state index contributed by atoms with van der Waals surface area (Å²) in [6.07, 6.45) is 4.79. The highest BCUT2D eigenvalue weighted by molar-refractivity contribution is 5.38. The lowest BCUT2D eigenvalue weighted by atomic mass is 10.2. The molecule has 0 saturated carbocycles. The molecule has 0 spiro atoms. The standard InChI is InChI=1S/C15H17N3O/c1-16-9-11-4-2-5-12(8-11)19-15-13-6-3-7-14(13)17-10-18-15/h2,4-5,8,10,16H,3,6-7,9H2,1H3. The molecule has 0 amide bonds. The molecule has 1 N–H and O–H groups in total. The van der Waals surface area contributed by atoms with E-state index in [0.717, 1.165) is 37.3 Å². The van der Waals surface area contributed by atoms with Gasteiger partial charge < -0.3 is 10.1 Å². The van der Waals surface area contributed by atoms with E-state index in [1.165, 1.54) is 11.1 Å². The van der Waals surface area contributed by atoms with Crippen molar-refractivity contribution in [2.45, 2.75) is 25.8 Å². The van der Waals surface area contributed by atoms with Gasteiger partial charge in [-0.2, -0.15) is 0 Å². The van der Waals surface area contributed by atoms with Crippen LogP contribution in [0.5, 0.6) is 11.6 Å². The zero-order chi connectivity index (χ0) is 13.1. The van der Waals surface area contributed by atoms with Gasteiger partial charge in [-0.05, 0) is 44.0 Å². The molecule has 4 nitrogen and oxygen atoms in total. The van der Waals surface area contributed by atoms with E-state index in [0.29, 0.717) is 5.88 Å². The van der Waals surface area contributed by atoms with Crippen LogP contribution in [0.1, 0.15) is 23.2 Å². The van der Waals surface area contributed by atoms with Crippen LogP contribution < -0.4 is 10.1 Å². The highest BCUT2D eigenvalue weighted by Crippen LogP contribution is 2.30. The number of nitrogens with zero attached hydrogens (tertiary/aromatic N) is 2. The number of rotatable bonds is 4. The molecular formula is C15H17N3O. The first-order valence-electron chi connectivity index (χ1n) is 6.61. The largest absolute Gasteiger partial charge is 0.439 e. The third kappa shape index (κ3) is 2.58. The van der Waals surface area contributed by atoms with Crippen molar-refractivity contribution in [1.82, 2.24) is 15.3 Å². The molecule has 0 saturated heterocycles. The van der Waals surface area contributed by atoms with Crippen molar-refractivity contribution in [1.29, 1.82) is 0 Å². The highest BCUT2D eigenvalue weighted by atomic mass is 16.5. The second-order valence-corrected chi connectivity index (χ2v) is 4.74. The Labute approximate surface area is 112 Å². The summed E-state index contributed by atoms with van der Waals surface area (Å²) >= 11 is 0. The lowest BCUT2D eigenvalue weighted by Gasteiger charge is -2.09. The molecule has 19 heavy (non-hydrogen) atoms. The zero-order valence-corrected chi connectivity index (χ0v) is 11.0. The second kappa shape index (κ2) is 5.36. The summed E-state index contributed by atoms with van der Waals surface area (Å²) in [5.41, 5.74) is 3.50. The molecule has 1 aromatic carbocycles. The lowest BCUT2D eigenvalue weighted by molar-refractivity contribution is 0.454. The van der Waals surface area contributed by atoms with E-state index in [2.05, 4.69) is 21.4 Å². The van der Waals surface area contributed by atoms with Crippen LogP contribution in [-0.2, 0) is 19.4 Å². The number of fused-ring (bicyclic) bond motifs is 1. The lowest BCUT2D eigenvalue weighted by Crippen LogP contribution is -2.05. The number of ether oxygens (including phenoxy) is 1.